The maximum Gasteiger partial charge on any atom is 0.232 e. The van der Waals surface area contributed by atoms with Gasteiger partial charge in [0.05, 0.1) is 6.54 Å². The topological polar surface area (TPSA) is 54.2 Å². The van der Waals surface area contributed by atoms with Crippen LogP contribution in [0, 0.1) is 0 Å². The van der Waals surface area contributed by atoms with Gasteiger partial charge in [0.25, 0.3) is 0 Å². The third-order valence-electron chi connectivity index (χ3n) is 2.93. The molecule has 0 spiro atoms. The summed E-state index contributed by atoms with van der Waals surface area (Å²) in [6.45, 7) is 12.3. The van der Waals surface area contributed by atoms with Crippen LogP contribution < -0.4 is 5.32 Å². The van der Waals surface area contributed by atoms with E-state index in [2.05, 4.69) is 48.1 Å². The molecule has 1 N–H and O–H groups in total. The van der Waals surface area contributed by atoms with Crippen molar-refractivity contribution in [2.24, 2.45) is 0 Å². The summed E-state index contributed by atoms with van der Waals surface area (Å²) < 4.78 is 5.29. The molecule has 0 amide bonds. The number of nitrogens with one attached hydrogen (secondary N) is 1. The second kappa shape index (κ2) is 5.99. The highest BCUT2D eigenvalue weighted by Crippen LogP contribution is 2.20. The minimum atomic E-state index is -0.0675. The second-order valence-corrected chi connectivity index (χ2v) is 5.86. The van der Waals surface area contributed by atoms with Gasteiger partial charge in [-0.2, -0.15) is 4.98 Å². The molecule has 18 heavy (non-hydrogen) atoms. The normalized spacial score (nSPS) is 21.7. The van der Waals surface area contributed by atoms with Crippen molar-refractivity contribution in [3.63, 3.8) is 0 Å². The zero-order valence-corrected chi connectivity index (χ0v) is 12.4. The van der Waals surface area contributed by atoms with E-state index in [0.717, 1.165) is 37.9 Å². The van der Waals surface area contributed by atoms with Gasteiger partial charge < -0.3 is 9.84 Å². The third-order valence-corrected chi connectivity index (χ3v) is 2.93. The van der Waals surface area contributed by atoms with Crippen molar-refractivity contribution in [2.75, 3.05) is 19.6 Å². The molecule has 2 rings (SSSR count). The van der Waals surface area contributed by atoms with Crippen LogP contribution >= 0.6 is 12.4 Å². The van der Waals surface area contributed by atoms with Gasteiger partial charge in [-0.1, -0.05) is 25.9 Å². The van der Waals surface area contributed by atoms with E-state index in [0.29, 0.717) is 6.04 Å². The van der Waals surface area contributed by atoms with Gasteiger partial charge in [-0.05, 0) is 6.92 Å². The molecule has 0 saturated carbocycles. The maximum atomic E-state index is 5.29. The molecular formula is C12H23ClN4O. The van der Waals surface area contributed by atoms with Crippen LogP contribution in [0.4, 0.5) is 0 Å². The van der Waals surface area contributed by atoms with E-state index in [1.807, 2.05) is 0 Å². The zero-order chi connectivity index (χ0) is 12.5. The first kappa shape index (κ1) is 15.4. The average molecular weight is 275 g/mol. The van der Waals surface area contributed by atoms with E-state index in [1.165, 1.54) is 0 Å². The largest absolute Gasteiger partial charge is 0.339 e. The Morgan fingerprint density at radius 1 is 1.44 bits per heavy atom. The Balaban J connectivity index is 0.00000162. The SMILES string of the molecule is CC1CN(Cc2noc(C(C)(C)C)n2)CCN1.Cl. The molecule has 5 nitrogen and oxygen atoms in total. The fourth-order valence-electron chi connectivity index (χ4n) is 1.98. The highest BCUT2D eigenvalue weighted by Gasteiger charge is 2.23. The van der Waals surface area contributed by atoms with Gasteiger partial charge in [0.1, 0.15) is 0 Å². The smallest absolute Gasteiger partial charge is 0.232 e. The van der Waals surface area contributed by atoms with Crippen LogP contribution in [0.1, 0.15) is 39.4 Å². The maximum absolute atomic E-state index is 5.29. The van der Waals surface area contributed by atoms with Gasteiger partial charge in [0, 0.05) is 31.1 Å². The van der Waals surface area contributed by atoms with Gasteiger partial charge in [0.15, 0.2) is 5.82 Å². The molecule has 0 radical (unpaired) electrons. The zero-order valence-electron chi connectivity index (χ0n) is 11.6. The van der Waals surface area contributed by atoms with Crippen LogP contribution in [0.3, 0.4) is 0 Å². The van der Waals surface area contributed by atoms with Crippen molar-refractivity contribution >= 4 is 12.4 Å². The first-order valence-corrected chi connectivity index (χ1v) is 6.24. The fraction of sp³-hybridized carbons (Fsp3) is 0.833. The van der Waals surface area contributed by atoms with E-state index >= 15 is 0 Å². The lowest BCUT2D eigenvalue weighted by atomic mass is 9.97. The minimum Gasteiger partial charge on any atom is -0.339 e. The first-order chi connectivity index (χ1) is 7.95. The van der Waals surface area contributed by atoms with Crippen molar-refractivity contribution in [1.82, 2.24) is 20.4 Å². The number of nitrogens with zero attached hydrogens (tertiary/aromatic N) is 3. The Bertz CT molecular complexity index is 374. The highest BCUT2D eigenvalue weighted by molar-refractivity contribution is 5.85. The Labute approximate surface area is 115 Å². The molecule has 0 aromatic carbocycles. The third kappa shape index (κ3) is 3.93. The number of hydrogen-bond donors (Lipinski definition) is 1. The standard InChI is InChI=1S/C12H22N4O.ClH/c1-9-7-16(6-5-13-9)8-10-14-11(17-15-10)12(2,3)4;/h9,13H,5-8H2,1-4H3;1H. The Hall–Kier alpha value is -0.650. The van der Waals surface area contributed by atoms with Crippen LogP contribution in [0.25, 0.3) is 0 Å². The quantitative estimate of drug-likeness (QED) is 0.887. The molecule has 1 saturated heterocycles. The molecule has 0 bridgehead atoms. The summed E-state index contributed by atoms with van der Waals surface area (Å²) >= 11 is 0. The summed E-state index contributed by atoms with van der Waals surface area (Å²) in [6, 6.07) is 0.540. The molecular weight excluding hydrogens is 252 g/mol. The predicted molar refractivity (Wildman–Crippen MR) is 73.0 cm³/mol. The van der Waals surface area contributed by atoms with Crippen LogP contribution in [0.2, 0.25) is 0 Å². The Kier molecular flexibility index (Phi) is 5.13. The molecule has 2 heterocycles. The van der Waals surface area contributed by atoms with Crippen molar-refractivity contribution < 1.29 is 4.52 Å². The van der Waals surface area contributed by atoms with Crippen molar-refractivity contribution in [3.8, 4) is 0 Å². The van der Waals surface area contributed by atoms with E-state index < -0.39 is 0 Å². The predicted octanol–water partition coefficient (Wildman–Crippen LogP) is 1.58. The lowest BCUT2D eigenvalue weighted by Gasteiger charge is -2.30. The summed E-state index contributed by atoms with van der Waals surface area (Å²) in [4.78, 5) is 6.82. The number of halogens is 1. The van der Waals surface area contributed by atoms with Crippen molar-refractivity contribution in [2.45, 2.75) is 45.7 Å². The molecule has 6 heteroatoms. The molecule has 1 aromatic rings. The highest BCUT2D eigenvalue weighted by atomic mass is 35.5. The lowest BCUT2D eigenvalue weighted by molar-refractivity contribution is 0.193. The molecule has 0 aliphatic carbocycles. The summed E-state index contributed by atoms with van der Waals surface area (Å²) in [5.41, 5.74) is -0.0675. The van der Waals surface area contributed by atoms with E-state index in [-0.39, 0.29) is 17.8 Å². The number of piperazine rings is 1. The molecule has 1 unspecified atom stereocenters. The summed E-state index contributed by atoms with van der Waals surface area (Å²) in [6.07, 6.45) is 0. The number of aromatic nitrogens is 2. The van der Waals surface area contributed by atoms with E-state index in [9.17, 15) is 0 Å². The van der Waals surface area contributed by atoms with Gasteiger partial charge in [-0.3, -0.25) is 4.90 Å². The van der Waals surface area contributed by atoms with Crippen molar-refractivity contribution in [1.29, 1.82) is 0 Å². The van der Waals surface area contributed by atoms with Crippen LogP contribution in [0.5, 0.6) is 0 Å². The second-order valence-electron chi connectivity index (χ2n) is 5.86. The number of hydrogen-bond acceptors (Lipinski definition) is 5. The van der Waals surface area contributed by atoms with Gasteiger partial charge in [0.2, 0.25) is 5.89 Å². The summed E-state index contributed by atoms with van der Waals surface area (Å²) in [5.74, 6) is 1.51. The van der Waals surface area contributed by atoms with Gasteiger partial charge in [-0.15, -0.1) is 12.4 Å². The van der Waals surface area contributed by atoms with Gasteiger partial charge in [-0.25, -0.2) is 0 Å². The van der Waals surface area contributed by atoms with Crippen LogP contribution in [0.15, 0.2) is 4.52 Å². The van der Waals surface area contributed by atoms with Crippen LogP contribution in [-0.2, 0) is 12.0 Å². The average Bonchev–Trinajstić information content (AvgIpc) is 2.65. The molecule has 104 valence electrons. The summed E-state index contributed by atoms with van der Waals surface area (Å²) in [5, 5.41) is 7.47. The van der Waals surface area contributed by atoms with Crippen molar-refractivity contribution in [3.05, 3.63) is 11.7 Å². The Morgan fingerprint density at radius 3 is 2.72 bits per heavy atom. The van der Waals surface area contributed by atoms with E-state index in [4.69, 9.17) is 4.52 Å². The minimum absolute atomic E-state index is 0. The molecule has 1 aliphatic heterocycles. The fourth-order valence-corrected chi connectivity index (χ4v) is 1.98. The first-order valence-electron chi connectivity index (χ1n) is 6.24. The number of rotatable bonds is 2. The monoisotopic (exact) mass is 274 g/mol. The molecule has 1 aliphatic rings. The molecule has 1 atom stereocenters. The lowest BCUT2D eigenvalue weighted by Crippen LogP contribution is -2.48. The van der Waals surface area contributed by atoms with Crippen LogP contribution in [-0.4, -0.2) is 40.7 Å². The Morgan fingerprint density at radius 2 is 2.17 bits per heavy atom. The molecule has 1 aromatic heterocycles. The van der Waals surface area contributed by atoms with Gasteiger partial charge >= 0.3 is 0 Å². The molecule has 1 fully saturated rings. The van der Waals surface area contributed by atoms with E-state index in [1.54, 1.807) is 0 Å². The summed E-state index contributed by atoms with van der Waals surface area (Å²) in [7, 11) is 0.